The van der Waals surface area contributed by atoms with Gasteiger partial charge in [0, 0.05) is 11.7 Å². The Kier molecular flexibility index (Phi) is 4.70. The highest BCUT2D eigenvalue weighted by atomic mass is 32.2. The molecule has 1 aromatic carbocycles. The van der Waals surface area contributed by atoms with E-state index in [-0.39, 0.29) is 17.7 Å². The van der Waals surface area contributed by atoms with Gasteiger partial charge in [0.05, 0.1) is 5.75 Å². The van der Waals surface area contributed by atoms with Crippen LogP contribution in [0, 0.1) is 0 Å². The summed E-state index contributed by atoms with van der Waals surface area (Å²) in [5.41, 5.74) is 2.15. The molecule has 1 heterocycles. The van der Waals surface area contributed by atoms with Crippen LogP contribution in [0.5, 0.6) is 0 Å². The highest BCUT2D eigenvalue weighted by Crippen LogP contribution is 2.32. The molecule has 1 aliphatic heterocycles. The zero-order chi connectivity index (χ0) is 14.7. The number of thioether (sulfide) groups is 1. The van der Waals surface area contributed by atoms with Crippen molar-refractivity contribution in [2.75, 3.05) is 10.7 Å². The second-order valence-electron chi connectivity index (χ2n) is 4.99. The largest absolute Gasteiger partial charge is 0.480 e. The number of para-hydroxylation sites is 1. The first-order chi connectivity index (χ1) is 9.54. The van der Waals surface area contributed by atoms with Crippen LogP contribution in [0.2, 0.25) is 0 Å². The lowest BCUT2D eigenvalue weighted by Gasteiger charge is -2.23. The maximum atomic E-state index is 12.4. The summed E-state index contributed by atoms with van der Waals surface area (Å²) >= 11 is 1.21. The van der Waals surface area contributed by atoms with E-state index < -0.39 is 11.2 Å². The van der Waals surface area contributed by atoms with Crippen LogP contribution in [0.1, 0.15) is 25.8 Å². The lowest BCUT2D eigenvalue weighted by Crippen LogP contribution is -2.37. The first-order valence-electron chi connectivity index (χ1n) is 6.79. The summed E-state index contributed by atoms with van der Waals surface area (Å²) in [6, 6.07) is 8.04. The number of hydrogen-bond donors (Lipinski definition) is 1. The number of aliphatic carboxylic acids is 1. The fraction of sp³-hybridized carbons (Fsp3) is 0.467. The van der Waals surface area contributed by atoms with Gasteiger partial charge in [0.1, 0.15) is 5.25 Å². The number of rotatable bonds is 5. The van der Waals surface area contributed by atoms with Crippen molar-refractivity contribution >= 4 is 29.3 Å². The minimum Gasteiger partial charge on any atom is -0.480 e. The molecule has 4 nitrogen and oxygen atoms in total. The Morgan fingerprint density at radius 1 is 1.45 bits per heavy atom. The summed E-state index contributed by atoms with van der Waals surface area (Å²) in [6.07, 6.45) is 1.39. The molecular weight excluding hydrogens is 274 g/mol. The smallest absolute Gasteiger partial charge is 0.316 e. The van der Waals surface area contributed by atoms with E-state index in [1.807, 2.05) is 38.1 Å². The van der Waals surface area contributed by atoms with Gasteiger partial charge in [-0.1, -0.05) is 25.1 Å². The van der Waals surface area contributed by atoms with Crippen LogP contribution in [0.3, 0.4) is 0 Å². The molecular formula is C15H19NO3S. The molecule has 1 N–H and O–H groups in total. The molecule has 0 bridgehead atoms. The van der Waals surface area contributed by atoms with Crippen LogP contribution in [-0.4, -0.2) is 34.0 Å². The summed E-state index contributed by atoms with van der Waals surface area (Å²) in [5, 5.41) is 8.51. The Hall–Kier alpha value is -1.49. The molecule has 1 aliphatic rings. The van der Waals surface area contributed by atoms with E-state index in [4.69, 9.17) is 5.11 Å². The van der Waals surface area contributed by atoms with Crippen molar-refractivity contribution < 1.29 is 14.7 Å². The number of hydrogen-bond acceptors (Lipinski definition) is 3. The fourth-order valence-corrected chi connectivity index (χ4v) is 3.41. The maximum Gasteiger partial charge on any atom is 0.316 e. The number of carbonyl (C=O) groups excluding carboxylic acids is 1. The molecule has 2 atom stereocenters. The topological polar surface area (TPSA) is 57.6 Å². The molecule has 2 unspecified atom stereocenters. The van der Waals surface area contributed by atoms with Gasteiger partial charge in [0.25, 0.3) is 0 Å². The summed E-state index contributed by atoms with van der Waals surface area (Å²) in [4.78, 5) is 25.2. The Morgan fingerprint density at radius 3 is 2.80 bits per heavy atom. The van der Waals surface area contributed by atoms with Gasteiger partial charge in [-0.15, -0.1) is 11.8 Å². The third-order valence-corrected chi connectivity index (χ3v) is 4.88. The highest BCUT2D eigenvalue weighted by Gasteiger charge is 2.31. The Labute approximate surface area is 123 Å². The van der Waals surface area contributed by atoms with Gasteiger partial charge in [-0.05, 0) is 31.4 Å². The number of nitrogens with zero attached hydrogens (tertiary/aromatic N) is 1. The standard InChI is InChI=1S/C15H19NO3S/c1-3-13(15(18)19)20-9-14(17)16-10(2)8-11-6-4-5-7-12(11)16/h4-7,10,13H,3,8-9H2,1-2H3,(H,18,19). The normalized spacial score (nSPS) is 18.7. The van der Waals surface area contributed by atoms with Gasteiger partial charge >= 0.3 is 5.97 Å². The molecule has 5 heteroatoms. The van der Waals surface area contributed by atoms with Crippen molar-refractivity contribution in [2.24, 2.45) is 0 Å². The molecule has 0 saturated heterocycles. The lowest BCUT2D eigenvalue weighted by molar-refractivity contribution is -0.136. The van der Waals surface area contributed by atoms with Crippen molar-refractivity contribution in [2.45, 2.75) is 38.0 Å². The Morgan fingerprint density at radius 2 is 2.15 bits per heavy atom. The van der Waals surface area contributed by atoms with Gasteiger partial charge in [0.15, 0.2) is 0 Å². The van der Waals surface area contributed by atoms with Gasteiger partial charge in [0.2, 0.25) is 5.91 Å². The van der Waals surface area contributed by atoms with E-state index in [0.717, 1.165) is 12.1 Å². The molecule has 1 amide bonds. The second-order valence-corrected chi connectivity index (χ2v) is 6.18. The van der Waals surface area contributed by atoms with Crippen molar-refractivity contribution in [3.63, 3.8) is 0 Å². The number of fused-ring (bicyclic) bond motifs is 1. The number of carboxylic acids is 1. The quantitative estimate of drug-likeness (QED) is 0.906. The summed E-state index contributed by atoms with van der Waals surface area (Å²) in [6.45, 7) is 3.85. The highest BCUT2D eigenvalue weighted by molar-refractivity contribution is 8.01. The van der Waals surface area contributed by atoms with E-state index in [9.17, 15) is 9.59 Å². The number of amides is 1. The molecule has 0 fully saturated rings. The molecule has 0 aromatic heterocycles. The zero-order valence-corrected chi connectivity index (χ0v) is 12.5. The van der Waals surface area contributed by atoms with E-state index in [0.29, 0.717) is 6.42 Å². The number of anilines is 1. The van der Waals surface area contributed by atoms with E-state index >= 15 is 0 Å². The maximum absolute atomic E-state index is 12.4. The monoisotopic (exact) mass is 293 g/mol. The average molecular weight is 293 g/mol. The third kappa shape index (κ3) is 2.98. The van der Waals surface area contributed by atoms with E-state index in [1.165, 1.54) is 17.3 Å². The van der Waals surface area contributed by atoms with Crippen LogP contribution < -0.4 is 4.90 Å². The van der Waals surface area contributed by atoms with Gasteiger partial charge in [-0.2, -0.15) is 0 Å². The van der Waals surface area contributed by atoms with Crippen molar-refractivity contribution in [3.05, 3.63) is 29.8 Å². The predicted octanol–water partition coefficient (Wildman–Crippen LogP) is 2.56. The van der Waals surface area contributed by atoms with Gasteiger partial charge in [-0.25, -0.2) is 0 Å². The van der Waals surface area contributed by atoms with Crippen molar-refractivity contribution in [3.8, 4) is 0 Å². The zero-order valence-electron chi connectivity index (χ0n) is 11.7. The Balaban J connectivity index is 2.05. The van der Waals surface area contributed by atoms with Crippen LogP contribution >= 0.6 is 11.8 Å². The summed E-state index contributed by atoms with van der Waals surface area (Å²) in [7, 11) is 0. The van der Waals surface area contributed by atoms with Gasteiger partial charge < -0.3 is 10.0 Å². The first kappa shape index (κ1) is 14.9. The minimum absolute atomic E-state index is 0.00727. The van der Waals surface area contributed by atoms with E-state index in [2.05, 4.69) is 0 Å². The molecule has 0 saturated carbocycles. The van der Waals surface area contributed by atoms with Crippen molar-refractivity contribution in [1.82, 2.24) is 0 Å². The van der Waals surface area contributed by atoms with Crippen LogP contribution in [0.25, 0.3) is 0 Å². The van der Waals surface area contributed by atoms with Crippen LogP contribution in [0.15, 0.2) is 24.3 Å². The van der Waals surface area contributed by atoms with E-state index in [1.54, 1.807) is 4.90 Å². The molecule has 20 heavy (non-hydrogen) atoms. The molecule has 0 radical (unpaired) electrons. The van der Waals surface area contributed by atoms with Crippen LogP contribution in [0.4, 0.5) is 5.69 Å². The third-order valence-electron chi connectivity index (χ3n) is 3.53. The number of carboxylic acid groups (broad SMARTS) is 1. The predicted molar refractivity (Wildman–Crippen MR) is 81.3 cm³/mol. The second kappa shape index (κ2) is 6.31. The lowest BCUT2D eigenvalue weighted by atomic mass is 10.1. The SMILES string of the molecule is CCC(SCC(=O)N1c2ccccc2CC1C)C(=O)O. The molecule has 108 valence electrons. The molecule has 0 spiro atoms. The molecule has 1 aromatic rings. The fourth-order valence-electron chi connectivity index (χ4n) is 2.55. The van der Waals surface area contributed by atoms with Crippen LogP contribution in [-0.2, 0) is 16.0 Å². The number of carbonyl (C=O) groups is 2. The minimum atomic E-state index is -0.847. The summed E-state index contributed by atoms with van der Waals surface area (Å²) in [5.74, 6) is -0.643. The first-order valence-corrected chi connectivity index (χ1v) is 7.83. The molecule has 2 rings (SSSR count). The number of benzene rings is 1. The summed E-state index contributed by atoms with van der Waals surface area (Å²) < 4.78 is 0. The Bertz CT molecular complexity index is 518. The van der Waals surface area contributed by atoms with Gasteiger partial charge in [-0.3, -0.25) is 9.59 Å². The average Bonchev–Trinajstić information content (AvgIpc) is 2.74. The van der Waals surface area contributed by atoms with Crippen molar-refractivity contribution in [1.29, 1.82) is 0 Å². The molecule has 0 aliphatic carbocycles.